The number of rotatable bonds is 3. The first-order valence-electron chi connectivity index (χ1n) is 6.85. The van der Waals surface area contributed by atoms with Crippen molar-refractivity contribution in [1.82, 2.24) is 25.1 Å². The Labute approximate surface area is 121 Å². The van der Waals surface area contributed by atoms with Crippen LogP contribution in [0.5, 0.6) is 0 Å². The van der Waals surface area contributed by atoms with Crippen LogP contribution in [0.3, 0.4) is 0 Å². The number of aromatic amines is 1. The van der Waals surface area contributed by atoms with Gasteiger partial charge in [-0.3, -0.25) is 5.10 Å². The molecule has 0 saturated heterocycles. The summed E-state index contributed by atoms with van der Waals surface area (Å²) in [4.78, 5) is 13.1. The Kier molecular flexibility index (Phi) is 2.38. The number of fused-ring (bicyclic) bond motifs is 1. The van der Waals surface area contributed by atoms with E-state index in [1.807, 2.05) is 18.2 Å². The van der Waals surface area contributed by atoms with E-state index in [2.05, 4.69) is 37.4 Å². The van der Waals surface area contributed by atoms with Gasteiger partial charge in [0.05, 0.1) is 16.8 Å². The van der Waals surface area contributed by atoms with Gasteiger partial charge in [0.1, 0.15) is 5.82 Å². The normalized spacial score (nSPS) is 16.0. The van der Waals surface area contributed by atoms with E-state index in [9.17, 15) is 0 Å². The summed E-state index contributed by atoms with van der Waals surface area (Å²) in [6.07, 6.45) is 3.96. The fraction of sp³-hybridized carbons (Fsp3) is 0.286. The van der Waals surface area contributed by atoms with Gasteiger partial charge in [0.15, 0.2) is 5.65 Å². The molecular formula is C14H15N7. The number of nitrogens with one attached hydrogen (secondary N) is 2. The first-order valence-corrected chi connectivity index (χ1v) is 6.85. The van der Waals surface area contributed by atoms with Gasteiger partial charge in [-0.1, -0.05) is 0 Å². The quantitative estimate of drug-likeness (QED) is 0.677. The summed E-state index contributed by atoms with van der Waals surface area (Å²) in [6.45, 7) is 2.17. The number of anilines is 2. The third kappa shape index (κ3) is 2.16. The number of hydrogen-bond donors (Lipinski definition) is 3. The number of nitrogens with zero attached hydrogens (tertiary/aromatic N) is 4. The van der Waals surface area contributed by atoms with Crippen LogP contribution in [0, 0.1) is 0 Å². The molecule has 0 aliphatic heterocycles. The molecule has 3 aromatic heterocycles. The van der Waals surface area contributed by atoms with Crippen molar-refractivity contribution in [2.75, 3.05) is 11.1 Å². The highest BCUT2D eigenvalue weighted by atomic mass is 15.1. The molecule has 1 aliphatic rings. The van der Waals surface area contributed by atoms with Gasteiger partial charge in [-0.2, -0.15) is 15.1 Å². The van der Waals surface area contributed by atoms with Gasteiger partial charge < -0.3 is 11.1 Å². The highest BCUT2D eigenvalue weighted by molar-refractivity contribution is 5.89. The van der Waals surface area contributed by atoms with Crippen LogP contribution in [0.1, 0.15) is 19.8 Å². The van der Waals surface area contributed by atoms with E-state index in [4.69, 9.17) is 5.73 Å². The third-order valence-corrected chi connectivity index (χ3v) is 3.77. The highest BCUT2D eigenvalue weighted by Crippen LogP contribution is 2.39. The smallest absolute Gasteiger partial charge is 0.224 e. The lowest BCUT2D eigenvalue weighted by atomic mass is 10.2. The zero-order chi connectivity index (χ0) is 14.4. The van der Waals surface area contributed by atoms with Crippen molar-refractivity contribution in [2.45, 2.75) is 25.3 Å². The molecule has 0 amide bonds. The van der Waals surface area contributed by atoms with Gasteiger partial charge in [-0.05, 0) is 38.0 Å². The summed E-state index contributed by atoms with van der Waals surface area (Å²) < 4.78 is 0. The topological polar surface area (TPSA) is 105 Å². The second kappa shape index (κ2) is 4.15. The zero-order valence-electron chi connectivity index (χ0n) is 11.6. The fourth-order valence-corrected chi connectivity index (χ4v) is 2.27. The highest BCUT2D eigenvalue weighted by Gasteiger charge is 2.37. The van der Waals surface area contributed by atoms with E-state index < -0.39 is 0 Å². The second-order valence-electron chi connectivity index (χ2n) is 5.65. The van der Waals surface area contributed by atoms with Crippen LogP contribution in [0.25, 0.3) is 22.4 Å². The largest absolute Gasteiger partial charge is 0.368 e. The average molecular weight is 281 g/mol. The Morgan fingerprint density at radius 2 is 2.05 bits per heavy atom. The van der Waals surface area contributed by atoms with Crippen molar-refractivity contribution in [3.05, 3.63) is 24.4 Å². The van der Waals surface area contributed by atoms with Crippen molar-refractivity contribution < 1.29 is 0 Å². The number of pyridine rings is 1. The second-order valence-corrected chi connectivity index (χ2v) is 5.65. The molecule has 0 atom stereocenters. The van der Waals surface area contributed by atoms with E-state index in [0.29, 0.717) is 5.65 Å². The molecule has 1 fully saturated rings. The Morgan fingerprint density at radius 3 is 2.76 bits per heavy atom. The van der Waals surface area contributed by atoms with Crippen LogP contribution in [-0.2, 0) is 0 Å². The lowest BCUT2D eigenvalue weighted by Gasteiger charge is -2.14. The first kappa shape index (κ1) is 12.1. The number of nitrogens with two attached hydrogens (primary N) is 1. The van der Waals surface area contributed by atoms with Crippen LogP contribution in [0.15, 0.2) is 24.4 Å². The molecule has 3 heterocycles. The summed E-state index contributed by atoms with van der Waals surface area (Å²) in [7, 11) is 0. The molecule has 106 valence electrons. The number of hydrogen-bond acceptors (Lipinski definition) is 6. The number of nitrogen functional groups attached to an aromatic ring is 1. The Bertz CT molecular complexity index is 806. The predicted octanol–water partition coefficient (Wildman–Crippen LogP) is 1.96. The van der Waals surface area contributed by atoms with Crippen molar-refractivity contribution in [3.8, 4) is 11.4 Å². The predicted molar refractivity (Wildman–Crippen MR) is 80.6 cm³/mol. The Morgan fingerprint density at radius 1 is 1.19 bits per heavy atom. The average Bonchev–Trinajstić information content (AvgIpc) is 2.97. The maximum absolute atomic E-state index is 5.81. The number of aromatic nitrogens is 5. The molecule has 1 saturated carbocycles. The molecule has 4 rings (SSSR count). The van der Waals surface area contributed by atoms with Crippen LogP contribution in [0.2, 0.25) is 0 Å². The van der Waals surface area contributed by atoms with E-state index in [1.165, 1.54) is 0 Å². The minimum atomic E-state index is 0.121. The molecule has 7 heteroatoms. The summed E-state index contributed by atoms with van der Waals surface area (Å²) >= 11 is 0. The molecule has 0 spiro atoms. The van der Waals surface area contributed by atoms with Crippen molar-refractivity contribution >= 4 is 22.8 Å². The maximum Gasteiger partial charge on any atom is 0.224 e. The summed E-state index contributed by atoms with van der Waals surface area (Å²) in [5, 5.41) is 11.1. The van der Waals surface area contributed by atoms with Crippen LogP contribution >= 0.6 is 0 Å². The van der Waals surface area contributed by atoms with Gasteiger partial charge in [0.2, 0.25) is 5.95 Å². The lowest BCUT2D eigenvalue weighted by molar-refractivity contribution is 0.823. The maximum atomic E-state index is 5.81. The van der Waals surface area contributed by atoms with E-state index >= 15 is 0 Å². The van der Waals surface area contributed by atoms with E-state index in [-0.39, 0.29) is 11.5 Å². The molecule has 0 aromatic carbocycles. The molecule has 0 radical (unpaired) electrons. The standard InChI is InChI=1S/C14H15N7/c1-14(5-6-14)20-12-8-2-3-9(10-4-7-16-21-10)17-11(8)18-13(15)19-12/h2-4,7H,5-6H2,1H3,(H,16,21)(H3,15,17,18,19,20). The molecule has 7 nitrogen and oxygen atoms in total. The van der Waals surface area contributed by atoms with Crippen molar-refractivity contribution in [3.63, 3.8) is 0 Å². The molecule has 3 aromatic rings. The molecule has 21 heavy (non-hydrogen) atoms. The van der Waals surface area contributed by atoms with Gasteiger partial charge in [-0.25, -0.2) is 4.98 Å². The van der Waals surface area contributed by atoms with Crippen LogP contribution in [0.4, 0.5) is 11.8 Å². The van der Waals surface area contributed by atoms with E-state index in [1.54, 1.807) is 6.20 Å². The lowest BCUT2D eigenvalue weighted by Crippen LogP contribution is -2.18. The summed E-state index contributed by atoms with van der Waals surface area (Å²) in [5.41, 5.74) is 8.14. The first-order chi connectivity index (χ1) is 10.1. The van der Waals surface area contributed by atoms with Gasteiger partial charge in [0, 0.05) is 11.7 Å². The molecule has 0 unspecified atom stereocenters. The van der Waals surface area contributed by atoms with Gasteiger partial charge in [0.25, 0.3) is 0 Å². The van der Waals surface area contributed by atoms with E-state index in [0.717, 1.165) is 35.4 Å². The molecule has 0 bridgehead atoms. The fourth-order valence-electron chi connectivity index (χ4n) is 2.27. The Hall–Kier alpha value is -2.70. The SMILES string of the molecule is CC1(Nc2nc(N)nc3nc(-c4ccn[nH]4)ccc23)CC1. The monoisotopic (exact) mass is 281 g/mol. The molecule has 4 N–H and O–H groups in total. The summed E-state index contributed by atoms with van der Waals surface area (Å²) in [6, 6.07) is 5.75. The number of H-pyrrole nitrogens is 1. The Balaban J connectivity index is 1.84. The minimum absolute atomic E-state index is 0.121. The third-order valence-electron chi connectivity index (χ3n) is 3.77. The van der Waals surface area contributed by atoms with Crippen molar-refractivity contribution in [1.29, 1.82) is 0 Å². The molecular weight excluding hydrogens is 266 g/mol. The molecule has 1 aliphatic carbocycles. The van der Waals surface area contributed by atoms with Gasteiger partial charge in [-0.15, -0.1) is 0 Å². The van der Waals surface area contributed by atoms with Crippen LogP contribution < -0.4 is 11.1 Å². The minimum Gasteiger partial charge on any atom is -0.368 e. The van der Waals surface area contributed by atoms with Gasteiger partial charge >= 0.3 is 0 Å². The zero-order valence-corrected chi connectivity index (χ0v) is 11.6. The van der Waals surface area contributed by atoms with Crippen LogP contribution in [-0.4, -0.2) is 30.7 Å². The van der Waals surface area contributed by atoms with Crippen molar-refractivity contribution in [2.24, 2.45) is 0 Å². The summed E-state index contributed by atoms with van der Waals surface area (Å²) in [5.74, 6) is 0.977.